The standard InChI is InChI=1S/C10H10BrN3O/c11-9-6-14(13-10(9)7-15)5-8-3-1-2-4-12-8/h1-4,6,15H,5,7H2. The first kappa shape index (κ1) is 10.3. The molecule has 4 nitrogen and oxygen atoms in total. The normalized spacial score (nSPS) is 10.5. The molecule has 0 aliphatic carbocycles. The molecule has 2 aromatic heterocycles. The second kappa shape index (κ2) is 4.55. The summed E-state index contributed by atoms with van der Waals surface area (Å²) in [5.74, 6) is 0. The Labute approximate surface area is 95.7 Å². The third-order valence-electron chi connectivity index (χ3n) is 1.99. The molecule has 0 radical (unpaired) electrons. The van der Waals surface area contributed by atoms with Crippen molar-refractivity contribution >= 4 is 15.9 Å². The van der Waals surface area contributed by atoms with Gasteiger partial charge in [0.2, 0.25) is 0 Å². The van der Waals surface area contributed by atoms with Gasteiger partial charge in [-0.1, -0.05) is 6.07 Å². The summed E-state index contributed by atoms with van der Waals surface area (Å²) in [5, 5.41) is 13.2. The van der Waals surface area contributed by atoms with Crippen molar-refractivity contribution in [3.8, 4) is 0 Å². The van der Waals surface area contributed by atoms with Gasteiger partial charge in [-0.25, -0.2) is 0 Å². The molecule has 0 atom stereocenters. The summed E-state index contributed by atoms with van der Waals surface area (Å²) in [7, 11) is 0. The van der Waals surface area contributed by atoms with Crippen molar-refractivity contribution in [2.45, 2.75) is 13.2 Å². The number of aromatic nitrogens is 3. The molecule has 2 heterocycles. The van der Waals surface area contributed by atoms with Gasteiger partial charge in [-0.15, -0.1) is 0 Å². The van der Waals surface area contributed by atoms with Gasteiger partial charge in [0.25, 0.3) is 0 Å². The van der Waals surface area contributed by atoms with E-state index in [0.717, 1.165) is 10.2 Å². The fourth-order valence-corrected chi connectivity index (χ4v) is 1.72. The molecule has 0 aliphatic rings. The van der Waals surface area contributed by atoms with Gasteiger partial charge in [-0.3, -0.25) is 9.67 Å². The predicted octanol–water partition coefficient (Wildman–Crippen LogP) is 1.58. The largest absolute Gasteiger partial charge is 0.390 e. The molecule has 0 saturated carbocycles. The Hall–Kier alpha value is -1.20. The van der Waals surface area contributed by atoms with E-state index >= 15 is 0 Å². The molecule has 0 aliphatic heterocycles. The molecule has 1 N–H and O–H groups in total. The minimum atomic E-state index is -0.0597. The molecule has 78 valence electrons. The van der Waals surface area contributed by atoms with Crippen molar-refractivity contribution in [1.82, 2.24) is 14.8 Å². The van der Waals surface area contributed by atoms with Crippen molar-refractivity contribution in [2.75, 3.05) is 0 Å². The highest BCUT2D eigenvalue weighted by atomic mass is 79.9. The van der Waals surface area contributed by atoms with Gasteiger partial charge in [0.1, 0.15) is 5.69 Å². The molecule has 5 heteroatoms. The van der Waals surface area contributed by atoms with E-state index in [-0.39, 0.29) is 6.61 Å². The molecular formula is C10H10BrN3O. The molecule has 0 spiro atoms. The van der Waals surface area contributed by atoms with Crippen LogP contribution >= 0.6 is 15.9 Å². The van der Waals surface area contributed by atoms with Crippen molar-refractivity contribution in [1.29, 1.82) is 0 Å². The number of nitrogens with zero attached hydrogens (tertiary/aromatic N) is 3. The highest BCUT2D eigenvalue weighted by molar-refractivity contribution is 9.10. The monoisotopic (exact) mass is 267 g/mol. The van der Waals surface area contributed by atoms with Gasteiger partial charge in [0.15, 0.2) is 0 Å². The SMILES string of the molecule is OCc1nn(Cc2ccccn2)cc1Br. The van der Waals surface area contributed by atoms with Crippen LogP contribution in [0.2, 0.25) is 0 Å². The van der Waals surface area contributed by atoms with E-state index in [1.54, 1.807) is 10.9 Å². The van der Waals surface area contributed by atoms with E-state index < -0.39 is 0 Å². The van der Waals surface area contributed by atoms with Crippen LogP contribution in [0.15, 0.2) is 35.1 Å². The summed E-state index contributed by atoms with van der Waals surface area (Å²) in [6, 6.07) is 5.75. The minimum absolute atomic E-state index is 0.0597. The molecule has 15 heavy (non-hydrogen) atoms. The number of halogens is 1. The zero-order chi connectivity index (χ0) is 10.7. The predicted molar refractivity (Wildman–Crippen MR) is 59.2 cm³/mol. The molecule has 2 rings (SSSR count). The zero-order valence-electron chi connectivity index (χ0n) is 7.97. The smallest absolute Gasteiger partial charge is 0.102 e. The lowest BCUT2D eigenvalue weighted by molar-refractivity contribution is 0.274. The van der Waals surface area contributed by atoms with Gasteiger partial charge < -0.3 is 5.11 Å². The first-order valence-electron chi connectivity index (χ1n) is 4.52. The summed E-state index contributed by atoms with van der Waals surface area (Å²) in [6.45, 7) is 0.551. The average molecular weight is 268 g/mol. The number of pyridine rings is 1. The van der Waals surface area contributed by atoms with Crippen LogP contribution in [-0.2, 0) is 13.2 Å². The minimum Gasteiger partial charge on any atom is -0.390 e. The van der Waals surface area contributed by atoms with Crippen LogP contribution in [0.1, 0.15) is 11.4 Å². The molecule has 0 bridgehead atoms. The number of aliphatic hydroxyl groups excluding tert-OH is 1. The third-order valence-corrected chi connectivity index (χ3v) is 2.65. The molecule has 0 aromatic carbocycles. The van der Waals surface area contributed by atoms with Gasteiger partial charge in [0, 0.05) is 12.4 Å². The Morgan fingerprint density at radius 3 is 2.87 bits per heavy atom. The Morgan fingerprint density at radius 2 is 2.27 bits per heavy atom. The van der Waals surface area contributed by atoms with Crippen LogP contribution in [0, 0.1) is 0 Å². The third kappa shape index (κ3) is 2.43. The fourth-order valence-electron chi connectivity index (χ4n) is 1.28. The first-order chi connectivity index (χ1) is 7.29. The number of aliphatic hydroxyl groups is 1. The lowest BCUT2D eigenvalue weighted by Crippen LogP contribution is -2.02. The Balaban J connectivity index is 2.18. The van der Waals surface area contributed by atoms with Gasteiger partial charge >= 0.3 is 0 Å². The van der Waals surface area contributed by atoms with Gasteiger partial charge in [0.05, 0.1) is 23.3 Å². The van der Waals surface area contributed by atoms with Crippen molar-refractivity contribution in [2.24, 2.45) is 0 Å². The Morgan fingerprint density at radius 1 is 1.40 bits per heavy atom. The molecule has 0 amide bonds. The van der Waals surface area contributed by atoms with E-state index in [9.17, 15) is 0 Å². The number of hydrogen-bond acceptors (Lipinski definition) is 3. The second-order valence-corrected chi connectivity index (χ2v) is 3.95. The zero-order valence-corrected chi connectivity index (χ0v) is 9.55. The average Bonchev–Trinajstić information content (AvgIpc) is 2.60. The number of hydrogen-bond donors (Lipinski definition) is 1. The molecular weight excluding hydrogens is 258 g/mol. The van der Waals surface area contributed by atoms with E-state index in [0.29, 0.717) is 12.2 Å². The Bertz CT molecular complexity index is 441. The lowest BCUT2D eigenvalue weighted by atomic mass is 10.3. The van der Waals surface area contributed by atoms with Crippen molar-refractivity contribution < 1.29 is 5.11 Å². The maximum absolute atomic E-state index is 8.98. The highest BCUT2D eigenvalue weighted by Crippen LogP contribution is 2.15. The van der Waals surface area contributed by atoms with E-state index in [1.807, 2.05) is 24.4 Å². The topological polar surface area (TPSA) is 50.9 Å². The highest BCUT2D eigenvalue weighted by Gasteiger charge is 2.05. The van der Waals surface area contributed by atoms with Gasteiger partial charge in [-0.05, 0) is 28.1 Å². The molecule has 0 fully saturated rings. The quantitative estimate of drug-likeness (QED) is 0.919. The molecule has 0 saturated heterocycles. The second-order valence-electron chi connectivity index (χ2n) is 3.10. The van der Waals surface area contributed by atoms with Crippen LogP contribution < -0.4 is 0 Å². The van der Waals surface area contributed by atoms with E-state index in [2.05, 4.69) is 26.0 Å². The first-order valence-corrected chi connectivity index (χ1v) is 5.31. The lowest BCUT2D eigenvalue weighted by Gasteiger charge is -1.99. The van der Waals surface area contributed by atoms with E-state index in [1.165, 1.54) is 0 Å². The van der Waals surface area contributed by atoms with Crippen molar-refractivity contribution in [3.05, 3.63) is 46.5 Å². The summed E-state index contributed by atoms with van der Waals surface area (Å²) in [6.07, 6.45) is 3.58. The van der Waals surface area contributed by atoms with Crippen LogP contribution in [0.5, 0.6) is 0 Å². The maximum Gasteiger partial charge on any atom is 0.102 e. The summed E-state index contributed by atoms with van der Waals surface area (Å²) in [4.78, 5) is 4.20. The fraction of sp³-hybridized carbons (Fsp3) is 0.200. The van der Waals surface area contributed by atoms with Gasteiger partial charge in [-0.2, -0.15) is 5.10 Å². The van der Waals surface area contributed by atoms with Crippen LogP contribution in [0.4, 0.5) is 0 Å². The Kier molecular flexibility index (Phi) is 3.13. The van der Waals surface area contributed by atoms with Crippen molar-refractivity contribution in [3.63, 3.8) is 0 Å². The molecule has 0 unspecified atom stereocenters. The summed E-state index contributed by atoms with van der Waals surface area (Å²) in [5.41, 5.74) is 1.59. The van der Waals surface area contributed by atoms with Crippen LogP contribution in [-0.4, -0.2) is 19.9 Å². The van der Waals surface area contributed by atoms with Crippen LogP contribution in [0.3, 0.4) is 0 Å². The van der Waals surface area contributed by atoms with Crippen LogP contribution in [0.25, 0.3) is 0 Å². The van der Waals surface area contributed by atoms with E-state index in [4.69, 9.17) is 5.11 Å². The molecule has 2 aromatic rings. The maximum atomic E-state index is 8.98. The summed E-state index contributed by atoms with van der Waals surface area (Å²) >= 11 is 3.33. The number of rotatable bonds is 3. The summed E-state index contributed by atoms with van der Waals surface area (Å²) < 4.78 is 2.57.